The van der Waals surface area contributed by atoms with Crippen molar-refractivity contribution < 1.29 is 5.11 Å². The lowest BCUT2D eigenvalue weighted by Crippen LogP contribution is -2.26. The van der Waals surface area contributed by atoms with Crippen LogP contribution < -0.4 is 5.73 Å². The predicted octanol–water partition coefficient (Wildman–Crippen LogP) is 3.62. The van der Waals surface area contributed by atoms with E-state index in [2.05, 4.69) is 25.7 Å². The first-order valence-electron chi connectivity index (χ1n) is 7.66. The van der Waals surface area contributed by atoms with Gasteiger partial charge in [0.1, 0.15) is 5.75 Å². The molecule has 112 valence electrons. The van der Waals surface area contributed by atoms with Gasteiger partial charge >= 0.3 is 0 Å². The quantitative estimate of drug-likeness (QED) is 0.640. The fourth-order valence-electron chi connectivity index (χ4n) is 3.14. The van der Waals surface area contributed by atoms with E-state index in [1.807, 2.05) is 12.1 Å². The van der Waals surface area contributed by atoms with Crippen LogP contribution in [0.25, 0.3) is 0 Å². The molecule has 0 bridgehead atoms. The van der Waals surface area contributed by atoms with E-state index in [1.165, 1.54) is 24.8 Å². The van der Waals surface area contributed by atoms with Crippen LogP contribution >= 0.6 is 0 Å². The van der Waals surface area contributed by atoms with Gasteiger partial charge in [-0.1, -0.05) is 26.8 Å². The van der Waals surface area contributed by atoms with Crippen molar-refractivity contribution in [1.29, 1.82) is 0 Å². The molecule has 1 aliphatic rings. The fraction of sp³-hybridized carbons (Fsp3) is 0.647. The van der Waals surface area contributed by atoms with Crippen molar-refractivity contribution in [2.75, 3.05) is 18.8 Å². The second kappa shape index (κ2) is 6.04. The summed E-state index contributed by atoms with van der Waals surface area (Å²) in [5, 5.41) is 9.48. The molecule has 0 spiro atoms. The minimum absolute atomic E-state index is 0.178. The van der Waals surface area contributed by atoms with Crippen LogP contribution in [0.4, 0.5) is 5.69 Å². The third-order valence-corrected chi connectivity index (χ3v) is 4.54. The van der Waals surface area contributed by atoms with Gasteiger partial charge in [0.15, 0.2) is 0 Å². The van der Waals surface area contributed by atoms with Crippen molar-refractivity contribution in [1.82, 2.24) is 4.90 Å². The maximum Gasteiger partial charge on any atom is 0.138 e. The van der Waals surface area contributed by atoms with Crippen molar-refractivity contribution >= 4 is 5.69 Å². The summed E-state index contributed by atoms with van der Waals surface area (Å²) >= 11 is 0. The molecule has 20 heavy (non-hydrogen) atoms. The maximum absolute atomic E-state index is 9.48. The number of nitrogens with two attached hydrogens (primary N) is 1. The lowest BCUT2D eigenvalue weighted by molar-refractivity contribution is 0.206. The third kappa shape index (κ3) is 3.89. The highest BCUT2D eigenvalue weighted by Gasteiger charge is 2.26. The molecule has 2 rings (SSSR count). The number of phenols is 1. The molecule has 0 radical (unpaired) electrons. The molecule has 1 unspecified atom stereocenters. The maximum atomic E-state index is 9.48. The summed E-state index contributed by atoms with van der Waals surface area (Å²) in [5.74, 6) is 0.995. The molecule has 1 fully saturated rings. The Hall–Kier alpha value is -1.22. The van der Waals surface area contributed by atoms with E-state index < -0.39 is 0 Å². The Morgan fingerprint density at radius 2 is 2.00 bits per heavy atom. The van der Waals surface area contributed by atoms with Gasteiger partial charge in [0.25, 0.3) is 0 Å². The Bertz CT molecular complexity index is 451. The Morgan fingerprint density at radius 1 is 1.25 bits per heavy atom. The van der Waals surface area contributed by atoms with Crippen LogP contribution in [0.2, 0.25) is 0 Å². The van der Waals surface area contributed by atoms with Gasteiger partial charge in [-0.05, 0) is 61.4 Å². The standard InChI is InChI=1S/C17H28N2O/c1-17(2,3)14-5-4-9-19(10-8-14)12-13-6-7-16(20)15(18)11-13/h6-7,11,14,20H,4-5,8-10,12,18H2,1-3H3. The number of likely N-dealkylation sites (tertiary alicyclic amines) is 1. The first-order chi connectivity index (χ1) is 9.36. The SMILES string of the molecule is CC(C)(C)C1CCCN(Cc2ccc(O)c(N)c2)CC1. The zero-order valence-corrected chi connectivity index (χ0v) is 13.0. The molecule has 3 heteroatoms. The molecular formula is C17H28N2O. The molecule has 0 aromatic heterocycles. The molecule has 1 atom stereocenters. The Balaban J connectivity index is 1.95. The minimum Gasteiger partial charge on any atom is -0.506 e. The molecule has 1 saturated heterocycles. The van der Waals surface area contributed by atoms with Crippen molar-refractivity contribution in [3.05, 3.63) is 23.8 Å². The second-order valence-corrected chi connectivity index (χ2v) is 7.16. The normalized spacial score (nSPS) is 21.6. The zero-order chi connectivity index (χ0) is 14.8. The molecule has 1 aromatic rings. The first kappa shape index (κ1) is 15.2. The lowest BCUT2D eigenvalue weighted by atomic mass is 9.77. The molecule has 3 N–H and O–H groups in total. The van der Waals surface area contributed by atoms with Crippen LogP contribution in [0.3, 0.4) is 0 Å². The van der Waals surface area contributed by atoms with E-state index in [1.54, 1.807) is 6.07 Å². The highest BCUT2D eigenvalue weighted by atomic mass is 16.3. The Labute approximate surface area is 122 Å². The highest BCUT2D eigenvalue weighted by Crippen LogP contribution is 2.34. The van der Waals surface area contributed by atoms with E-state index in [0.717, 1.165) is 25.6 Å². The minimum atomic E-state index is 0.178. The average molecular weight is 276 g/mol. The third-order valence-electron chi connectivity index (χ3n) is 4.54. The van der Waals surface area contributed by atoms with Crippen LogP contribution in [0.15, 0.2) is 18.2 Å². The van der Waals surface area contributed by atoms with Gasteiger partial charge in [-0.3, -0.25) is 4.90 Å². The predicted molar refractivity (Wildman–Crippen MR) is 84.6 cm³/mol. The van der Waals surface area contributed by atoms with Crippen LogP contribution in [0, 0.1) is 11.3 Å². The van der Waals surface area contributed by atoms with E-state index in [9.17, 15) is 5.11 Å². The summed E-state index contributed by atoms with van der Waals surface area (Å²) < 4.78 is 0. The number of nitrogen functional groups attached to an aromatic ring is 1. The highest BCUT2D eigenvalue weighted by molar-refractivity contribution is 5.53. The van der Waals surface area contributed by atoms with Gasteiger partial charge in [0.05, 0.1) is 5.69 Å². The van der Waals surface area contributed by atoms with Crippen LogP contribution in [0.5, 0.6) is 5.75 Å². The fourth-order valence-corrected chi connectivity index (χ4v) is 3.14. The van der Waals surface area contributed by atoms with Crippen LogP contribution in [0.1, 0.15) is 45.6 Å². The lowest BCUT2D eigenvalue weighted by Gasteiger charge is -2.29. The van der Waals surface area contributed by atoms with E-state index >= 15 is 0 Å². The molecule has 0 aliphatic carbocycles. The summed E-state index contributed by atoms with van der Waals surface area (Å²) in [5.41, 5.74) is 7.85. The summed E-state index contributed by atoms with van der Waals surface area (Å²) in [6.45, 7) is 10.3. The van der Waals surface area contributed by atoms with E-state index in [-0.39, 0.29) is 5.75 Å². The Kier molecular flexibility index (Phi) is 4.59. The zero-order valence-electron chi connectivity index (χ0n) is 13.0. The van der Waals surface area contributed by atoms with Crippen molar-refractivity contribution in [2.45, 2.75) is 46.6 Å². The van der Waals surface area contributed by atoms with E-state index in [0.29, 0.717) is 11.1 Å². The van der Waals surface area contributed by atoms with Crippen molar-refractivity contribution in [2.24, 2.45) is 11.3 Å². The monoisotopic (exact) mass is 276 g/mol. The van der Waals surface area contributed by atoms with Gasteiger partial charge < -0.3 is 10.8 Å². The number of hydrogen-bond acceptors (Lipinski definition) is 3. The van der Waals surface area contributed by atoms with Gasteiger partial charge in [0.2, 0.25) is 0 Å². The van der Waals surface area contributed by atoms with Crippen molar-refractivity contribution in [3.8, 4) is 5.75 Å². The van der Waals surface area contributed by atoms with Gasteiger partial charge in [-0.25, -0.2) is 0 Å². The van der Waals surface area contributed by atoms with Crippen molar-refractivity contribution in [3.63, 3.8) is 0 Å². The van der Waals surface area contributed by atoms with Crippen LogP contribution in [-0.4, -0.2) is 23.1 Å². The van der Waals surface area contributed by atoms with Gasteiger partial charge in [0, 0.05) is 6.54 Å². The summed E-state index contributed by atoms with van der Waals surface area (Å²) in [7, 11) is 0. The summed E-state index contributed by atoms with van der Waals surface area (Å²) in [4.78, 5) is 2.51. The molecular weight excluding hydrogens is 248 g/mol. The topological polar surface area (TPSA) is 49.5 Å². The van der Waals surface area contributed by atoms with Gasteiger partial charge in [-0.2, -0.15) is 0 Å². The van der Waals surface area contributed by atoms with Gasteiger partial charge in [-0.15, -0.1) is 0 Å². The Morgan fingerprint density at radius 3 is 2.65 bits per heavy atom. The largest absolute Gasteiger partial charge is 0.506 e. The number of nitrogens with zero attached hydrogens (tertiary/aromatic N) is 1. The molecule has 1 aliphatic heterocycles. The summed E-state index contributed by atoms with van der Waals surface area (Å²) in [6, 6.07) is 5.56. The molecule has 0 saturated carbocycles. The number of rotatable bonds is 2. The number of phenolic OH excluding ortho intramolecular Hbond substituents is 1. The molecule has 1 aromatic carbocycles. The first-order valence-corrected chi connectivity index (χ1v) is 7.66. The number of aromatic hydroxyl groups is 1. The second-order valence-electron chi connectivity index (χ2n) is 7.16. The summed E-state index contributed by atoms with van der Waals surface area (Å²) in [6.07, 6.45) is 3.88. The average Bonchev–Trinajstić information content (AvgIpc) is 2.59. The number of benzene rings is 1. The smallest absolute Gasteiger partial charge is 0.138 e. The molecule has 3 nitrogen and oxygen atoms in total. The number of hydrogen-bond donors (Lipinski definition) is 2. The van der Waals surface area contributed by atoms with Crippen LogP contribution in [-0.2, 0) is 6.54 Å². The van der Waals surface area contributed by atoms with E-state index in [4.69, 9.17) is 5.73 Å². The molecule has 0 amide bonds. The molecule has 1 heterocycles. The number of anilines is 1.